The molecule has 2 aromatic rings. The number of anilines is 1. The van der Waals surface area contributed by atoms with Gasteiger partial charge in [0.25, 0.3) is 5.91 Å². The first-order valence-electron chi connectivity index (χ1n) is 6.51. The third-order valence-corrected chi connectivity index (χ3v) is 3.11. The third kappa shape index (κ3) is 3.35. The average molecular weight is 269 g/mol. The van der Waals surface area contributed by atoms with E-state index in [2.05, 4.69) is 4.98 Å². The van der Waals surface area contributed by atoms with Crippen molar-refractivity contribution in [1.82, 2.24) is 9.88 Å². The number of hydrogen-bond acceptors (Lipinski definition) is 3. The molecule has 0 spiro atoms. The molecule has 0 aliphatic rings. The first kappa shape index (κ1) is 14.1. The van der Waals surface area contributed by atoms with Gasteiger partial charge in [-0.15, -0.1) is 0 Å². The van der Waals surface area contributed by atoms with Gasteiger partial charge in [0, 0.05) is 24.8 Å². The van der Waals surface area contributed by atoms with Crippen molar-refractivity contribution in [1.29, 1.82) is 0 Å². The van der Waals surface area contributed by atoms with Gasteiger partial charge in [0.2, 0.25) is 0 Å². The molecule has 1 aromatic carbocycles. The Morgan fingerprint density at radius 2 is 1.85 bits per heavy atom. The molecule has 2 rings (SSSR count). The Balaban J connectivity index is 2.14. The predicted molar refractivity (Wildman–Crippen MR) is 80.4 cm³/mol. The molecule has 0 aliphatic carbocycles. The highest BCUT2D eigenvalue weighted by atomic mass is 16.2. The lowest BCUT2D eigenvalue weighted by Crippen LogP contribution is -2.26. The van der Waals surface area contributed by atoms with Crippen LogP contribution in [0, 0.1) is 13.8 Å². The number of aromatic nitrogens is 1. The van der Waals surface area contributed by atoms with E-state index in [9.17, 15) is 4.79 Å². The lowest BCUT2D eigenvalue weighted by molar-refractivity contribution is 0.0785. The van der Waals surface area contributed by atoms with Crippen molar-refractivity contribution in [2.24, 2.45) is 0 Å². The molecule has 0 saturated heterocycles. The molecule has 0 unspecified atom stereocenters. The first-order chi connectivity index (χ1) is 9.45. The van der Waals surface area contributed by atoms with Crippen molar-refractivity contribution in [3.63, 3.8) is 0 Å². The van der Waals surface area contributed by atoms with Crippen LogP contribution in [0.5, 0.6) is 0 Å². The Labute approximate surface area is 119 Å². The number of nitrogens with zero attached hydrogens (tertiary/aromatic N) is 2. The summed E-state index contributed by atoms with van der Waals surface area (Å²) >= 11 is 0. The summed E-state index contributed by atoms with van der Waals surface area (Å²) in [7, 11) is 1.79. The normalized spacial score (nSPS) is 10.3. The van der Waals surface area contributed by atoms with Gasteiger partial charge in [0.15, 0.2) is 0 Å². The molecule has 0 bridgehead atoms. The number of rotatable bonds is 3. The molecule has 4 nitrogen and oxygen atoms in total. The van der Waals surface area contributed by atoms with Gasteiger partial charge < -0.3 is 10.6 Å². The minimum Gasteiger partial charge on any atom is -0.384 e. The molecule has 1 heterocycles. The summed E-state index contributed by atoms with van der Waals surface area (Å²) in [5, 5.41) is 0. The van der Waals surface area contributed by atoms with E-state index in [1.54, 1.807) is 24.1 Å². The van der Waals surface area contributed by atoms with Crippen LogP contribution in [-0.4, -0.2) is 22.8 Å². The summed E-state index contributed by atoms with van der Waals surface area (Å²) < 4.78 is 0. The maximum absolute atomic E-state index is 12.4. The Hall–Kier alpha value is -2.36. The van der Waals surface area contributed by atoms with Crippen LogP contribution in [0.25, 0.3) is 0 Å². The number of pyridine rings is 1. The maximum atomic E-state index is 12.4. The molecule has 2 N–H and O–H groups in total. The number of carbonyl (C=O) groups is 1. The predicted octanol–water partition coefficient (Wildman–Crippen LogP) is 2.55. The molecule has 0 atom stereocenters. The number of benzene rings is 1. The lowest BCUT2D eigenvalue weighted by Gasteiger charge is -2.18. The summed E-state index contributed by atoms with van der Waals surface area (Å²) in [6.45, 7) is 4.44. The fourth-order valence-corrected chi connectivity index (χ4v) is 2.08. The van der Waals surface area contributed by atoms with Gasteiger partial charge in [-0.05, 0) is 31.5 Å². The molecule has 0 saturated carbocycles. The minimum absolute atomic E-state index is 0.0530. The Bertz CT molecular complexity index is 600. The zero-order valence-electron chi connectivity index (χ0n) is 12.1. The second kappa shape index (κ2) is 5.74. The van der Waals surface area contributed by atoms with Gasteiger partial charge in [-0.1, -0.05) is 29.8 Å². The van der Waals surface area contributed by atoms with Crippen LogP contribution in [0.2, 0.25) is 0 Å². The molecule has 104 valence electrons. The van der Waals surface area contributed by atoms with Crippen molar-refractivity contribution < 1.29 is 4.79 Å². The van der Waals surface area contributed by atoms with Crippen LogP contribution in [0.3, 0.4) is 0 Å². The van der Waals surface area contributed by atoms with Gasteiger partial charge >= 0.3 is 0 Å². The maximum Gasteiger partial charge on any atom is 0.254 e. The smallest absolute Gasteiger partial charge is 0.254 e. The summed E-state index contributed by atoms with van der Waals surface area (Å²) in [5.74, 6) is 0.319. The number of aryl methyl sites for hydroxylation is 2. The summed E-state index contributed by atoms with van der Waals surface area (Å²) in [5.41, 5.74) is 9.32. The largest absolute Gasteiger partial charge is 0.384 e. The molecule has 0 aliphatic heterocycles. The van der Waals surface area contributed by atoms with Crippen molar-refractivity contribution in [2.75, 3.05) is 12.8 Å². The van der Waals surface area contributed by atoms with E-state index in [0.717, 1.165) is 11.3 Å². The molecule has 0 radical (unpaired) electrons. The van der Waals surface area contributed by atoms with E-state index in [1.165, 1.54) is 5.56 Å². The number of hydrogen-bond donors (Lipinski definition) is 1. The Morgan fingerprint density at radius 1 is 1.20 bits per heavy atom. The highest BCUT2D eigenvalue weighted by Gasteiger charge is 2.13. The number of nitrogens with two attached hydrogens (primary N) is 1. The van der Waals surface area contributed by atoms with Crippen molar-refractivity contribution >= 4 is 11.7 Å². The van der Waals surface area contributed by atoms with Crippen LogP contribution >= 0.6 is 0 Å². The highest BCUT2D eigenvalue weighted by molar-refractivity contribution is 5.94. The zero-order chi connectivity index (χ0) is 14.7. The van der Waals surface area contributed by atoms with E-state index in [1.807, 2.05) is 38.1 Å². The quantitative estimate of drug-likeness (QED) is 0.931. The van der Waals surface area contributed by atoms with E-state index >= 15 is 0 Å². The van der Waals surface area contributed by atoms with Crippen LogP contribution in [0.15, 0.2) is 36.4 Å². The molecular formula is C16H19N3O. The van der Waals surface area contributed by atoms with Crippen LogP contribution in [0.1, 0.15) is 27.2 Å². The number of nitrogen functional groups attached to an aromatic ring is 1. The number of amides is 1. The Morgan fingerprint density at radius 3 is 2.45 bits per heavy atom. The van der Waals surface area contributed by atoms with Gasteiger partial charge in [-0.3, -0.25) is 4.79 Å². The monoisotopic (exact) mass is 269 g/mol. The molecule has 1 amide bonds. The standard InChI is InChI=1S/C16H19N3O/c1-11-4-6-13(7-5-11)10-19(3)16(20)14-8-12(2)18-15(17)9-14/h4-9H,10H2,1-3H3,(H2,17,18). The van der Waals surface area contributed by atoms with Crippen LogP contribution < -0.4 is 5.73 Å². The van der Waals surface area contributed by atoms with E-state index in [-0.39, 0.29) is 5.91 Å². The second-order valence-electron chi connectivity index (χ2n) is 5.07. The first-order valence-corrected chi connectivity index (χ1v) is 6.51. The zero-order valence-corrected chi connectivity index (χ0v) is 12.1. The van der Waals surface area contributed by atoms with Crippen LogP contribution in [-0.2, 0) is 6.54 Å². The average Bonchev–Trinajstić information content (AvgIpc) is 2.39. The fraction of sp³-hybridized carbons (Fsp3) is 0.250. The van der Waals surface area contributed by atoms with Crippen LogP contribution in [0.4, 0.5) is 5.82 Å². The second-order valence-corrected chi connectivity index (χ2v) is 5.07. The third-order valence-electron chi connectivity index (χ3n) is 3.11. The molecule has 0 fully saturated rings. The topological polar surface area (TPSA) is 59.2 Å². The van der Waals surface area contributed by atoms with Crippen molar-refractivity contribution in [3.05, 3.63) is 58.8 Å². The minimum atomic E-state index is -0.0530. The molecule has 1 aromatic heterocycles. The van der Waals surface area contributed by atoms with E-state index in [0.29, 0.717) is 17.9 Å². The number of carbonyl (C=O) groups excluding carboxylic acids is 1. The van der Waals surface area contributed by atoms with Crippen molar-refractivity contribution in [2.45, 2.75) is 20.4 Å². The summed E-state index contributed by atoms with van der Waals surface area (Å²) in [6.07, 6.45) is 0. The van der Waals surface area contributed by atoms with Gasteiger partial charge in [-0.25, -0.2) is 4.98 Å². The van der Waals surface area contributed by atoms with Crippen molar-refractivity contribution in [3.8, 4) is 0 Å². The van der Waals surface area contributed by atoms with Gasteiger partial charge in [-0.2, -0.15) is 0 Å². The van der Waals surface area contributed by atoms with Gasteiger partial charge in [0.1, 0.15) is 5.82 Å². The van der Waals surface area contributed by atoms with E-state index in [4.69, 9.17) is 5.73 Å². The molecule has 4 heteroatoms. The molecular weight excluding hydrogens is 250 g/mol. The Kier molecular flexibility index (Phi) is 4.03. The van der Waals surface area contributed by atoms with Gasteiger partial charge in [0.05, 0.1) is 0 Å². The SMILES string of the molecule is Cc1ccc(CN(C)C(=O)c2cc(C)nc(N)c2)cc1. The highest BCUT2D eigenvalue weighted by Crippen LogP contribution is 2.12. The summed E-state index contributed by atoms with van der Waals surface area (Å²) in [6, 6.07) is 11.5. The van der Waals surface area contributed by atoms with E-state index < -0.39 is 0 Å². The fourth-order valence-electron chi connectivity index (χ4n) is 2.08. The lowest BCUT2D eigenvalue weighted by atomic mass is 10.1. The molecule has 20 heavy (non-hydrogen) atoms. The summed E-state index contributed by atoms with van der Waals surface area (Å²) in [4.78, 5) is 18.1.